The first-order chi connectivity index (χ1) is 9.20. The summed E-state index contributed by atoms with van der Waals surface area (Å²) in [5.74, 6) is 2.17. The predicted octanol–water partition coefficient (Wildman–Crippen LogP) is 0.709. The Bertz CT molecular complexity index is 417. The molecule has 1 aromatic heterocycles. The molecule has 1 aromatic rings. The van der Waals surface area contributed by atoms with Gasteiger partial charge in [0.15, 0.2) is 5.82 Å². The lowest BCUT2D eigenvalue weighted by Crippen LogP contribution is -2.46. The molecule has 0 amide bonds. The smallest absolute Gasteiger partial charge is 0.229 e. The molecule has 1 unspecified atom stereocenters. The Balaban J connectivity index is 1.53. The maximum absolute atomic E-state index is 5.76. The quantitative estimate of drug-likeness (QED) is 0.782. The monoisotopic (exact) mass is 266 g/mol. The van der Waals surface area contributed by atoms with Crippen LogP contribution >= 0.6 is 0 Å². The molecule has 0 aromatic carbocycles. The third-order valence-corrected chi connectivity index (χ3v) is 3.57. The molecule has 0 bridgehead atoms. The number of likely N-dealkylation sites (N-methyl/N-ethyl adjacent to an activating group) is 1. The highest BCUT2D eigenvalue weighted by atomic mass is 16.5. The first-order valence-electron chi connectivity index (χ1n) is 7.02. The van der Waals surface area contributed by atoms with Crippen LogP contribution in [0.1, 0.15) is 30.5 Å². The second-order valence-electron chi connectivity index (χ2n) is 5.81. The molecule has 0 radical (unpaired) electrons. The Morgan fingerprint density at radius 1 is 1.37 bits per heavy atom. The lowest BCUT2D eigenvalue weighted by Gasteiger charge is -2.33. The van der Waals surface area contributed by atoms with Crippen LogP contribution in [0.25, 0.3) is 0 Å². The Morgan fingerprint density at radius 2 is 2.21 bits per heavy atom. The van der Waals surface area contributed by atoms with Gasteiger partial charge in [-0.2, -0.15) is 4.98 Å². The van der Waals surface area contributed by atoms with E-state index in [9.17, 15) is 0 Å². The van der Waals surface area contributed by atoms with Crippen molar-refractivity contribution in [3.05, 3.63) is 11.7 Å². The highest BCUT2D eigenvalue weighted by molar-refractivity contribution is 5.01. The first kappa shape index (κ1) is 13.0. The number of ether oxygens (including phenoxy) is 1. The van der Waals surface area contributed by atoms with Gasteiger partial charge in [0.05, 0.1) is 19.3 Å². The van der Waals surface area contributed by atoms with E-state index in [4.69, 9.17) is 9.26 Å². The number of rotatable bonds is 5. The van der Waals surface area contributed by atoms with E-state index in [1.165, 1.54) is 12.8 Å². The normalized spacial score (nSPS) is 25.1. The van der Waals surface area contributed by atoms with Crippen molar-refractivity contribution in [3.63, 3.8) is 0 Å². The maximum atomic E-state index is 5.76. The highest BCUT2D eigenvalue weighted by Crippen LogP contribution is 2.38. The number of nitrogens with zero attached hydrogens (tertiary/aromatic N) is 4. The van der Waals surface area contributed by atoms with Crippen molar-refractivity contribution < 1.29 is 9.26 Å². The summed E-state index contributed by atoms with van der Waals surface area (Å²) in [6.45, 7) is 4.38. The summed E-state index contributed by atoms with van der Waals surface area (Å²) >= 11 is 0. The van der Waals surface area contributed by atoms with E-state index in [0.29, 0.717) is 5.92 Å². The van der Waals surface area contributed by atoms with Crippen LogP contribution < -0.4 is 0 Å². The molecule has 6 nitrogen and oxygen atoms in total. The fourth-order valence-electron chi connectivity index (χ4n) is 2.47. The van der Waals surface area contributed by atoms with Gasteiger partial charge in [-0.05, 0) is 26.9 Å². The summed E-state index contributed by atoms with van der Waals surface area (Å²) in [4.78, 5) is 8.99. The van der Waals surface area contributed by atoms with Crippen molar-refractivity contribution in [1.82, 2.24) is 19.9 Å². The van der Waals surface area contributed by atoms with Gasteiger partial charge in [-0.25, -0.2) is 0 Å². The lowest BCUT2D eigenvalue weighted by atomic mass is 10.2. The molecule has 6 heteroatoms. The molecule has 1 atom stereocenters. The fraction of sp³-hybridized carbons (Fsp3) is 0.846. The van der Waals surface area contributed by atoms with Crippen LogP contribution in [0.2, 0.25) is 0 Å². The van der Waals surface area contributed by atoms with Crippen molar-refractivity contribution in [2.75, 3.05) is 40.3 Å². The van der Waals surface area contributed by atoms with E-state index >= 15 is 0 Å². The molecular formula is C13H22N4O2. The van der Waals surface area contributed by atoms with Crippen LogP contribution in [0.4, 0.5) is 0 Å². The molecule has 2 aliphatic rings. The molecule has 3 rings (SSSR count). The molecule has 106 valence electrons. The minimum Gasteiger partial charge on any atom is -0.374 e. The van der Waals surface area contributed by atoms with Crippen LogP contribution in [-0.2, 0) is 11.3 Å². The zero-order valence-electron chi connectivity index (χ0n) is 11.7. The molecule has 2 heterocycles. The zero-order valence-corrected chi connectivity index (χ0v) is 11.7. The van der Waals surface area contributed by atoms with Gasteiger partial charge in [0.1, 0.15) is 0 Å². The number of aromatic nitrogens is 2. The Kier molecular flexibility index (Phi) is 3.81. The predicted molar refractivity (Wildman–Crippen MR) is 69.8 cm³/mol. The SMILES string of the molecule is CN(C)CC1CN(Cc2noc(C3CC3)n2)CCO1. The standard InChI is InChI=1S/C13H22N4O2/c1-16(2)7-11-8-17(5-6-18-11)9-12-14-13(19-15-12)10-3-4-10/h10-11H,3-9H2,1-2H3. The first-order valence-corrected chi connectivity index (χ1v) is 7.02. The molecule has 1 saturated heterocycles. The number of hydrogen-bond acceptors (Lipinski definition) is 6. The van der Waals surface area contributed by atoms with Gasteiger partial charge in [-0.15, -0.1) is 0 Å². The van der Waals surface area contributed by atoms with E-state index in [1.807, 2.05) is 0 Å². The molecular weight excluding hydrogens is 244 g/mol. The molecule has 1 aliphatic heterocycles. The van der Waals surface area contributed by atoms with Gasteiger partial charge in [-0.3, -0.25) is 4.90 Å². The van der Waals surface area contributed by atoms with Crippen LogP contribution in [0.3, 0.4) is 0 Å². The van der Waals surface area contributed by atoms with E-state index in [2.05, 4.69) is 34.0 Å². The van der Waals surface area contributed by atoms with E-state index in [-0.39, 0.29) is 6.10 Å². The van der Waals surface area contributed by atoms with E-state index < -0.39 is 0 Å². The molecule has 2 fully saturated rings. The van der Waals surface area contributed by atoms with Crippen LogP contribution in [0.5, 0.6) is 0 Å². The number of hydrogen-bond donors (Lipinski definition) is 0. The average molecular weight is 266 g/mol. The van der Waals surface area contributed by atoms with E-state index in [0.717, 1.165) is 44.5 Å². The third-order valence-electron chi connectivity index (χ3n) is 3.57. The van der Waals surface area contributed by atoms with Gasteiger partial charge >= 0.3 is 0 Å². The highest BCUT2D eigenvalue weighted by Gasteiger charge is 2.30. The fourth-order valence-corrected chi connectivity index (χ4v) is 2.47. The molecule has 0 N–H and O–H groups in total. The largest absolute Gasteiger partial charge is 0.374 e. The maximum Gasteiger partial charge on any atom is 0.229 e. The van der Waals surface area contributed by atoms with Crippen LogP contribution in [-0.4, -0.2) is 66.4 Å². The van der Waals surface area contributed by atoms with Gasteiger partial charge in [0.2, 0.25) is 5.89 Å². The summed E-state index contributed by atoms with van der Waals surface area (Å²) in [5.41, 5.74) is 0. The van der Waals surface area contributed by atoms with Crippen molar-refractivity contribution in [2.45, 2.75) is 31.4 Å². The molecule has 1 aliphatic carbocycles. The molecule has 0 spiro atoms. The van der Waals surface area contributed by atoms with Gasteiger partial charge in [0.25, 0.3) is 0 Å². The topological polar surface area (TPSA) is 54.6 Å². The Morgan fingerprint density at radius 3 is 2.95 bits per heavy atom. The summed E-state index contributed by atoms with van der Waals surface area (Å²) < 4.78 is 11.1. The molecule has 1 saturated carbocycles. The summed E-state index contributed by atoms with van der Waals surface area (Å²) in [5, 5.41) is 4.08. The van der Waals surface area contributed by atoms with Gasteiger partial charge < -0.3 is 14.2 Å². The van der Waals surface area contributed by atoms with Crippen molar-refractivity contribution in [3.8, 4) is 0 Å². The molecule has 19 heavy (non-hydrogen) atoms. The van der Waals surface area contributed by atoms with Gasteiger partial charge in [-0.1, -0.05) is 5.16 Å². The third kappa shape index (κ3) is 3.52. The van der Waals surface area contributed by atoms with Crippen LogP contribution in [0.15, 0.2) is 4.52 Å². The van der Waals surface area contributed by atoms with Gasteiger partial charge in [0, 0.05) is 25.6 Å². The second kappa shape index (κ2) is 5.56. The van der Waals surface area contributed by atoms with Crippen molar-refractivity contribution in [2.24, 2.45) is 0 Å². The summed E-state index contributed by atoms with van der Waals surface area (Å²) in [6.07, 6.45) is 2.67. The zero-order chi connectivity index (χ0) is 13.2. The number of morpholine rings is 1. The lowest BCUT2D eigenvalue weighted by molar-refractivity contribution is -0.0414. The second-order valence-corrected chi connectivity index (χ2v) is 5.81. The van der Waals surface area contributed by atoms with Crippen molar-refractivity contribution in [1.29, 1.82) is 0 Å². The van der Waals surface area contributed by atoms with Crippen molar-refractivity contribution >= 4 is 0 Å². The van der Waals surface area contributed by atoms with E-state index in [1.54, 1.807) is 0 Å². The summed E-state index contributed by atoms with van der Waals surface area (Å²) in [6, 6.07) is 0. The Labute approximate surface area is 113 Å². The Hall–Kier alpha value is -0.980. The average Bonchev–Trinajstić information content (AvgIpc) is 3.10. The minimum atomic E-state index is 0.276. The summed E-state index contributed by atoms with van der Waals surface area (Å²) in [7, 11) is 4.15. The minimum absolute atomic E-state index is 0.276. The van der Waals surface area contributed by atoms with Crippen LogP contribution in [0, 0.1) is 0 Å².